The number of hydrogen-bond acceptors (Lipinski definition) is 7. The molecule has 0 aliphatic carbocycles. The van der Waals surface area contributed by atoms with Crippen LogP contribution in [0.2, 0.25) is 0 Å². The van der Waals surface area contributed by atoms with Gasteiger partial charge in [-0.25, -0.2) is 25.9 Å². The van der Waals surface area contributed by atoms with Gasteiger partial charge >= 0.3 is 0 Å². The van der Waals surface area contributed by atoms with Crippen LogP contribution in [0.15, 0.2) is 62.8 Å². The van der Waals surface area contributed by atoms with Crippen LogP contribution in [-0.4, -0.2) is 33.9 Å². The molecule has 3 N–H and O–H groups in total. The van der Waals surface area contributed by atoms with Crippen LogP contribution >= 0.6 is 0 Å². The monoisotopic (exact) mass is 510 g/mol. The zero-order valence-electron chi connectivity index (χ0n) is 18.5. The fraction of sp³-hybridized carbons (Fsp3) is 0.238. The first-order chi connectivity index (χ1) is 15.9. The van der Waals surface area contributed by atoms with Crippen molar-refractivity contribution in [3.05, 3.63) is 65.6 Å². The lowest BCUT2D eigenvalue weighted by molar-refractivity contribution is -0.117. The van der Waals surface area contributed by atoms with Gasteiger partial charge in [0.15, 0.2) is 0 Å². The summed E-state index contributed by atoms with van der Waals surface area (Å²) in [4.78, 5) is 12.4. The summed E-state index contributed by atoms with van der Waals surface area (Å²) < 4.78 is 72.8. The maximum atomic E-state index is 13.1. The van der Waals surface area contributed by atoms with Gasteiger partial charge in [-0.3, -0.25) is 4.79 Å². The Labute approximate surface area is 196 Å². The number of sulfonamides is 2. The summed E-state index contributed by atoms with van der Waals surface area (Å²) in [6.07, 6.45) is 0.137. The average molecular weight is 511 g/mol. The number of hydrogen-bond donors (Lipinski definition) is 3. The maximum Gasteiger partial charge on any atom is 0.264 e. The minimum absolute atomic E-state index is 0.00843. The SMILES string of the molecule is CCC(NS(=O)(=O)c1ccc(F)cc1)C(=O)Nc1ccc(S(=O)(=O)Nc2onc(C)c2C)cc1. The summed E-state index contributed by atoms with van der Waals surface area (Å²) in [5.74, 6) is -1.22. The molecule has 1 aromatic heterocycles. The van der Waals surface area contributed by atoms with E-state index < -0.39 is 37.8 Å². The Balaban J connectivity index is 1.69. The van der Waals surface area contributed by atoms with Gasteiger partial charge in [0.1, 0.15) is 11.9 Å². The van der Waals surface area contributed by atoms with E-state index in [1.807, 2.05) is 0 Å². The van der Waals surface area contributed by atoms with Crippen LogP contribution in [-0.2, 0) is 24.8 Å². The first-order valence-electron chi connectivity index (χ1n) is 10.1. The Bertz CT molecular complexity index is 1390. The first kappa shape index (κ1) is 25.3. The molecule has 10 nitrogen and oxygen atoms in total. The molecule has 0 spiro atoms. The molecule has 1 atom stereocenters. The van der Waals surface area contributed by atoms with E-state index >= 15 is 0 Å². The normalized spacial score (nSPS) is 12.8. The lowest BCUT2D eigenvalue weighted by Crippen LogP contribution is -2.43. The number of halogens is 1. The van der Waals surface area contributed by atoms with E-state index in [4.69, 9.17) is 4.52 Å². The van der Waals surface area contributed by atoms with Crippen molar-refractivity contribution in [2.75, 3.05) is 10.0 Å². The molecule has 1 unspecified atom stereocenters. The Hall–Kier alpha value is -3.29. The summed E-state index contributed by atoms with van der Waals surface area (Å²) in [6, 6.07) is 8.38. The quantitative estimate of drug-likeness (QED) is 0.401. The van der Waals surface area contributed by atoms with E-state index in [0.717, 1.165) is 24.3 Å². The van der Waals surface area contributed by atoms with Crippen LogP contribution in [0.1, 0.15) is 24.6 Å². The van der Waals surface area contributed by atoms with Gasteiger partial charge in [0.25, 0.3) is 10.0 Å². The van der Waals surface area contributed by atoms with Crippen LogP contribution in [0.4, 0.5) is 16.0 Å². The molecule has 0 aliphatic heterocycles. The lowest BCUT2D eigenvalue weighted by atomic mass is 10.2. The van der Waals surface area contributed by atoms with Crippen LogP contribution in [0.3, 0.4) is 0 Å². The van der Waals surface area contributed by atoms with Gasteiger partial charge < -0.3 is 9.84 Å². The van der Waals surface area contributed by atoms with Gasteiger partial charge in [0.05, 0.1) is 15.5 Å². The zero-order valence-corrected chi connectivity index (χ0v) is 20.1. The molecule has 0 radical (unpaired) electrons. The fourth-order valence-electron chi connectivity index (χ4n) is 2.83. The summed E-state index contributed by atoms with van der Waals surface area (Å²) in [5.41, 5.74) is 1.37. The smallest absolute Gasteiger partial charge is 0.264 e. The third kappa shape index (κ3) is 5.79. The Morgan fingerprint density at radius 2 is 1.53 bits per heavy atom. The highest BCUT2D eigenvalue weighted by molar-refractivity contribution is 7.92. The third-order valence-corrected chi connectivity index (χ3v) is 7.80. The molecule has 34 heavy (non-hydrogen) atoms. The van der Waals surface area contributed by atoms with Gasteiger partial charge in [-0.1, -0.05) is 12.1 Å². The molecule has 2 aromatic carbocycles. The number of aromatic nitrogens is 1. The van der Waals surface area contributed by atoms with E-state index in [1.54, 1.807) is 20.8 Å². The Morgan fingerprint density at radius 1 is 0.971 bits per heavy atom. The van der Waals surface area contributed by atoms with Crippen molar-refractivity contribution >= 4 is 37.5 Å². The number of anilines is 2. The van der Waals surface area contributed by atoms with Crippen LogP contribution < -0.4 is 14.8 Å². The number of nitrogens with one attached hydrogen (secondary N) is 3. The second-order valence-corrected chi connectivity index (χ2v) is 10.8. The standard InChI is InChI=1S/C21H23FN4O6S2/c1-4-19(25-33(28,29)17-9-5-15(22)6-10-17)20(27)23-16-7-11-18(12-8-16)34(30,31)26-21-13(2)14(3)24-32-21/h5-12,19,25-26H,4H2,1-3H3,(H,23,27). The third-order valence-electron chi connectivity index (χ3n) is 4.96. The highest BCUT2D eigenvalue weighted by Gasteiger charge is 2.25. The van der Waals surface area contributed by atoms with Gasteiger partial charge in [0.2, 0.25) is 21.8 Å². The molecule has 1 heterocycles. The number of carbonyl (C=O) groups is 1. The average Bonchev–Trinajstić information content (AvgIpc) is 3.09. The van der Waals surface area contributed by atoms with Crippen molar-refractivity contribution in [3.63, 3.8) is 0 Å². The van der Waals surface area contributed by atoms with Crippen LogP contribution in [0, 0.1) is 19.7 Å². The number of aryl methyl sites for hydroxylation is 1. The minimum atomic E-state index is -4.06. The molecule has 0 saturated carbocycles. The van der Waals surface area contributed by atoms with E-state index in [9.17, 15) is 26.0 Å². The van der Waals surface area contributed by atoms with Gasteiger partial charge in [0, 0.05) is 11.3 Å². The van der Waals surface area contributed by atoms with Crippen molar-refractivity contribution < 1.29 is 30.5 Å². The first-order valence-corrected chi connectivity index (χ1v) is 13.0. The summed E-state index contributed by atoms with van der Waals surface area (Å²) in [6.45, 7) is 4.96. The molecular formula is C21H23FN4O6S2. The van der Waals surface area contributed by atoms with Crippen molar-refractivity contribution in [1.29, 1.82) is 0 Å². The largest absolute Gasteiger partial charge is 0.337 e. The number of amides is 1. The predicted octanol–water partition coefficient (Wildman–Crippen LogP) is 2.93. The highest BCUT2D eigenvalue weighted by Crippen LogP contribution is 2.23. The van der Waals surface area contributed by atoms with Gasteiger partial charge in [-0.05, 0) is 68.8 Å². The van der Waals surface area contributed by atoms with Crippen molar-refractivity contribution in [2.24, 2.45) is 0 Å². The molecule has 3 aromatic rings. The number of rotatable bonds is 9. The Kier molecular flexibility index (Phi) is 7.38. The molecule has 1 amide bonds. The van der Waals surface area contributed by atoms with Crippen molar-refractivity contribution in [2.45, 2.75) is 43.0 Å². The molecule has 0 fully saturated rings. The van der Waals surface area contributed by atoms with E-state index in [1.165, 1.54) is 24.3 Å². The van der Waals surface area contributed by atoms with Gasteiger partial charge in [-0.2, -0.15) is 4.72 Å². The summed E-state index contributed by atoms with van der Waals surface area (Å²) >= 11 is 0. The maximum absolute atomic E-state index is 13.1. The molecular weight excluding hydrogens is 487 g/mol. The molecule has 3 rings (SSSR count). The van der Waals surface area contributed by atoms with Crippen molar-refractivity contribution in [3.8, 4) is 0 Å². The van der Waals surface area contributed by atoms with E-state index in [2.05, 4.69) is 19.9 Å². The molecule has 0 aliphatic rings. The van der Waals surface area contributed by atoms with Crippen LogP contribution in [0.5, 0.6) is 0 Å². The second-order valence-electron chi connectivity index (χ2n) is 7.38. The number of nitrogens with zero attached hydrogens (tertiary/aromatic N) is 1. The highest BCUT2D eigenvalue weighted by atomic mass is 32.2. The lowest BCUT2D eigenvalue weighted by Gasteiger charge is -2.17. The summed E-state index contributed by atoms with van der Waals surface area (Å²) in [5, 5.41) is 6.25. The van der Waals surface area contributed by atoms with Gasteiger partial charge in [-0.15, -0.1) is 0 Å². The number of carbonyl (C=O) groups excluding carboxylic acids is 1. The minimum Gasteiger partial charge on any atom is -0.337 e. The zero-order chi connectivity index (χ0) is 25.1. The summed E-state index contributed by atoms with van der Waals surface area (Å²) in [7, 11) is -8.02. The van der Waals surface area contributed by atoms with E-state index in [0.29, 0.717) is 11.3 Å². The topological polar surface area (TPSA) is 147 Å². The Morgan fingerprint density at radius 3 is 2.06 bits per heavy atom. The molecule has 182 valence electrons. The van der Waals surface area contributed by atoms with Crippen molar-refractivity contribution in [1.82, 2.24) is 9.88 Å². The molecule has 13 heteroatoms. The molecule has 0 saturated heterocycles. The second kappa shape index (κ2) is 9.91. The predicted molar refractivity (Wildman–Crippen MR) is 123 cm³/mol. The van der Waals surface area contributed by atoms with E-state index in [-0.39, 0.29) is 27.8 Å². The van der Waals surface area contributed by atoms with Crippen LogP contribution in [0.25, 0.3) is 0 Å². The molecule has 0 bridgehead atoms. The number of benzene rings is 2. The fourth-order valence-corrected chi connectivity index (χ4v) is 5.16.